The maximum atomic E-state index is 12.6. The van der Waals surface area contributed by atoms with Crippen molar-refractivity contribution in [3.63, 3.8) is 0 Å². The van der Waals surface area contributed by atoms with Gasteiger partial charge >= 0.3 is 5.97 Å². The molecule has 0 bridgehead atoms. The number of allylic oxidation sites excluding steroid dienone is 2. The first kappa shape index (κ1) is 20.8. The zero-order valence-electron chi connectivity index (χ0n) is 17.1. The Hall–Kier alpha value is -2.48. The number of imide groups is 1. The number of nitrogens with zero attached hydrogens (tertiary/aromatic N) is 1. The van der Waals surface area contributed by atoms with Gasteiger partial charge in [0.25, 0.3) is 0 Å². The summed E-state index contributed by atoms with van der Waals surface area (Å²) in [6.07, 6.45) is 8.85. The summed E-state index contributed by atoms with van der Waals surface area (Å²) in [5.41, 5.74) is 1.46. The fourth-order valence-electron chi connectivity index (χ4n) is 4.56. The van der Waals surface area contributed by atoms with Gasteiger partial charge < -0.3 is 10.1 Å². The summed E-state index contributed by atoms with van der Waals surface area (Å²) < 4.78 is 5.21. The molecule has 3 aliphatic rings. The van der Waals surface area contributed by atoms with Gasteiger partial charge in [-0.3, -0.25) is 19.3 Å². The standard InChI is InChI=1S/C22H26N2O5S/c1-2-29-22(28)18-15-9-5-6-10-16(15)30-19(18)23-17(25)11-12-24-20(26)13-7-3-4-8-14(13)21(24)27/h3-4,13-14H,2,5-12H2,1H3,(H,23,25)/t13-,14+. The lowest BCUT2D eigenvalue weighted by Gasteiger charge is -2.14. The molecule has 0 spiro atoms. The number of hydrogen-bond acceptors (Lipinski definition) is 6. The molecule has 1 aromatic rings. The van der Waals surface area contributed by atoms with Crippen LogP contribution in [0, 0.1) is 11.8 Å². The van der Waals surface area contributed by atoms with E-state index in [0.717, 1.165) is 36.1 Å². The summed E-state index contributed by atoms with van der Waals surface area (Å²) in [4.78, 5) is 52.6. The molecular formula is C22H26N2O5S. The summed E-state index contributed by atoms with van der Waals surface area (Å²) in [6, 6.07) is 0. The van der Waals surface area contributed by atoms with Crippen molar-refractivity contribution >= 4 is 40.0 Å². The van der Waals surface area contributed by atoms with E-state index in [2.05, 4.69) is 5.32 Å². The Morgan fingerprint density at radius 2 is 1.80 bits per heavy atom. The third kappa shape index (κ3) is 3.80. The predicted molar refractivity (Wildman–Crippen MR) is 112 cm³/mol. The molecule has 2 atom stereocenters. The van der Waals surface area contributed by atoms with Crippen LogP contribution in [0.25, 0.3) is 0 Å². The van der Waals surface area contributed by atoms with E-state index >= 15 is 0 Å². The number of likely N-dealkylation sites (tertiary alicyclic amines) is 1. The first-order valence-electron chi connectivity index (χ1n) is 10.6. The monoisotopic (exact) mass is 430 g/mol. The molecule has 7 nitrogen and oxygen atoms in total. The second-order valence-corrected chi connectivity index (χ2v) is 9.02. The van der Waals surface area contributed by atoms with Gasteiger partial charge in [-0.2, -0.15) is 0 Å². The molecule has 1 fully saturated rings. The van der Waals surface area contributed by atoms with Crippen molar-refractivity contribution in [1.82, 2.24) is 4.90 Å². The number of anilines is 1. The average Bonchev–Trinajstić information content (AvgIpc) is 3.22. The maximum absolute atomic E-state index is 12.6. The Bertz CT molecular complexity index is 893. The van der Waals surface area contributed by atoms with Gasteiger partial charge in [0.15, 0.2) is 0 Å². The minimum absolute atomic E-state index is 0.00911. The number of fused-ring (bicyclic) bond motifs is 2. The van der Waals surface area contributed by atoms with Crippen molar-refractivity contribution in [3.8, 4) is 0 Å². The smallest absolute Gasteiger partial charge is 0.341 e. The highest BCUT2D eigenvalue weighted by atomic mass is 32.1. The van der Waals surface area contributed by atoms with Gasteiger partial charge in [0.2, 0.25) is 17.7 Å². The molecule has 0 aromatic carbocycles. The normalized spacial score (nSPS) is 22.6. The zero-order chi connectivity index (χ0) is 21.3. The predicted octanol–water partition coefficient (Wildman–Crippen LogP) is 3.08. The van der Waals surface area contributed by atoms with Crippen LogP contribution in [0.2, 0.25) is 0 Å². The Balaban J connectivity index is 1.43. The molecule has 4 rings (SSSR count). The van der Waals surface area contributed by atoms with Crippen molar-refractivity contribution < 1.29 is 23.9 Å². The fourth-order valence-corrected chi connectivity index (χ4v) is 5.86. The topological polar surface area (TPSA) is 92.8 Å². The van der Waals surface area contributed by atoms with Crippen molar-refractivity contribution in [2.24, 2.45) is 11.8 Å². The van der Waals surface area contributed by atoms with Crippen LogP contribution in [-0.4, -0.2) is 41.7 Å². The van der Waals surface area contributed by atoms with Gasteiger partial charge in [-0.15, -0.1) is 11.3 Å². The minimum Gasteiger partial charge on any atom is -0.462 e. The highest BCUT2D eigenvalue weighted by Crippen LogP contribution is 2.39. The first-order valence-corrected chi connectivity index (χ1v) is 11.4. The summed E-state index contributed by atoms with van der Waals surface area (Å²) in [6.45, 7) is 2.09. The van der Waals surface area contributed by atoms with Crippen LogP contribution >= 0.6 is 11.3 Å². The van der Waals surface area contributed by atoms with E-state index in [4.69, 9.17) is 4.74 Å². The molecule has 1 N–H and O–H groups in total. The van der Waals surface area contributed by atoms with E-state index in [1.165, 1.54) is 16.2 Å². The summed E-state index contributed by atoms with van der Waals surface area (Å²) >= 11 is 1.43. The van der Waals surface area contributed by atoms with E-state index in [-0.39, 0.29) is 49.1 Å². The summed E-state index contributed by atoms with van der Waals surface area (Å²) in [5, 5.41) is 3.36. The van der Waals surface area contributed by atoms with Gasteiger partial charge in [-0.1, -0.05) is 12.2 Å². The lowest BCUT2D eigenvalue weighted by molar-refractivity contribution is -0.140. The number of aryl methyl sites for hydroxylation is 1. The number of esters is 1. The molecule has 8 heteroatoms. The first-order chi connectivity index (χ1) is 14.5. The third-order valence-corrected chi connectivity index (χ3v) is 7.27. The maximum Gasteiger partial charge on any atom is 0.341 e. The lowest BCUT2D eigenvalue weighted by Crippen LogP contribution is -2.34. The van der Waals surface area contributed by atoms with Crippen molar-refractivity contribution in [3.05, 3.63) is 28.2 Å². The third-order valence-electron chi connectivity index (χ3n) is 6.07. The van der Waals surface area contributed by atoms with E-state index < -0.39 is 5.97 Å². The van der Waals surface area contributed by atoms with Gasteiger partial charge in [0.05, 0.1) is 24.0 Å². The van der Waals surface area contributed by atoms with Crippen molar-refractivity contribution in [2.75, 3.05) is 18.5 Å². The summed E-state index contributed by atoms with van der Waals surface area (Å²) in [5.74, 6) is -1.65. The number of hydrogen-bond donors (Lipinski definition) is 1. The van der Waals surface area contributed by atoms with Gasteiger partial charge in [0, 0.05) is 17.8 Å². The second kappa shape index (κ2) is 8.71. The van der Waals surface area contributed by atoms with Crippen LogP contribution in [0.5, 0.6) is 0 Å². The van der Waals surface area contributed by atoms with Crippen molar-refractivity contribution in [1.29, 1.82) is 0 Å². The van der Waals surface area contributed by atoms with Crippen LogP contribution in [0.1, 0.15) is 59.8 Å². The van der Waals surface area contributed by atoms with E-state index in [1.807, 2.05) is 12.2 Å². The molecule has 2 heterocycles. The molecule has 3 amide bonds. The largest absolute Gasteiger partial charge is 0.462 e. The minimum atomic E-state index is -0.409. The van der Waals surface area contributed by atoms with Crippen LogP contribution in [0.15, 0.2) is 12.2 Å². The highest BCUT2D eigenvalue weighted by molar-refractivity contribution is 7.17. The molecule has 2 aliphatic carbocycles. The Labute approximate surface area is 179 Å². The quantitative estimate of drug-likeness (QED) is 0.425. The number of thiophene rings is 1. The SMILES string of the molecule is CCOC(=O)c1c(NC(=O)CCN2C(=O)[C@H]3CC=CC[C@H]3C2=O)sc2c1CCCC2. The number of nitrogens with one attached hydrogen (secondary N) is 1. The van der Waals surface area contributed by atoms with Gasteiger partial charge in [-0.05, 0) is 51.0 Å². The molecule has 0 radical (unpaired) electrons. The van der Waals surface area contributed by atoms with Gasteiger partial charge in [0.1, 0.15) is 5.00 Å². The number of carbonyl (C=O) groups is 4. The van der Waals surface area contributed by atoms with Crippen LogP contribution in [-0.2, 0) is 32.0 Å². The zero-order valence-corrected chi connectivity index (χ0v) is 17.9. The molecule has 30 heavy (non-hydrogen) atoms. The lowest BCUT2D eigenvalue weighted by atomic mass is 9.85. The van der Waals surface area contributed by atoms with Crippen LogP contribution in [0.4, 0.5) is 5.00 Å². The van der Waals surface area contributed by atoms with E-state index in [0.29, 0.717) is 23.4 Å². The second-order valence-electron chi connectivity index (χ2n) is 7.92. The summed E-state index contributed by atoms with van der Waals surface area (Å²) in [7, 11) is 0. The van der Waals surface area contributed by atoms with Crippen LogP contribution < -0.4 is 5.32 Å². The molecule has 0 saturated carbocycles. The van der Waals surface area contributed by atoms with Crippen LogP contribution in [0.3, 0.4) is 0 Å². The highest BCUT2D eigenvalue weighted by Gasteiger charge is 2.46. The number of ether oxygens (including phenoxy) is 1. The van der Waals surface area contributed by atoms with Crippen molar-refractivity contribution in [2.45, 2.75) is 51.9 Å². The molecular weight excluding hydrogens is 404 g/mol. The Kier molecular flexibility index (Phi) is 6.04. The molecule has 0 unspecified atom stereocenters. The molecule has 1 aromatic heterocycles. The van der Waals surface area contributed by atoms with Gasteiger partial charge in [-0.25, -0.2) is 4.79 Å². The molecule has 160 valence electrons. The molecule has 1 aliphatic heterocycles. The van der Waals surface area contributed by atoms with E-state index in [9.17, 15) is 19.2 Å². The Morgan fingerprint density at radius 1 is 1.13 bits per heavy atom. The fraction of sp³-hybridized carbons (Fsp3) is 0.545. The number of carbonyl (C=O) groups excluding carboxylic acids is 4. The number of amides is 3. The van der Waals surface area contributed by atoms with E-state index in [1.54, 1.807) is 6.92 Å². The Morgan fingerprint density at radius 3 is 2.47 bits per heavy atom. The number of rotatable bonds is 6. The average molecular weight is 431 g/mol. The molecule has 1 saturated heterocycles.